The lowest BCUT2D eigenvalue weighted by atomic mass is 10.1. The lowest BCUT2D eigenvalue weighted by Gasteiger charge is -2.08. The zero-order valence-corrected chi connectivity index (χ0v) is 7.45. The average molecular weight is 229 g/mol. The van der Waals surface area contributed by atoms with Gasteiger partial charge in [-0.1, -0.05) is 15.9 Å². The molecule has 1 aliphatic rings. The third kappa shape index (κ3) is 1.06. The van der Waals surface area contributed by atoms with E-state index >= 15 is 0 Å². The van der Waals surface area contributed by atoms with Gasteiger partial charge < -0.3 is 4.74 Å². The molecule has 0 bridgehead atoms. The van der Waals surface area contributed by atoms with Crippen molar-refractivity contribution in [1.82, 2.24) is 0 Å². The van der Waals surface area contributed by atoms with Crippen molar-refractivity contribution >= 4 is 21.9 Å². The van der Waals surface area contributed by atoms with Gasteiger partial charge in [-0.15, -0.1) is 0 Å². The highest BCUT2D eigenvalue weighted by Gasteiger charge is 2.76. The number of alkyl halides is 3. The zero-order chi connectivity index (χ0) is 8.70. The second kappa shape index (κ2) is 2.40. The van der Waals surface area contributed by atoms with Crippen molar-refractivity contribution < 1.29 is 18.3 Å². The molecule has 1 saturated carbocycles. The number of rotatable bonds is 2. The third-order valence-electron chi connectivity index (χ3n) is 1.90. The predicted molar refractivity (Wildman–Crippen MR) is 37.8 cm³/mol. The molecular weight excluding hydrogens is 222 g/mol. The van der Waals surface area contributed by atoms with Gasteiger partial charge in [-0.05, 0) is 0 Å². The molecule has 5 heteroatoms. The zero-order valence-electron chi connectivity index (χ0n) is 5.86. The van der Waals surface area contributed by atoms with Gasteiger partial charge in [-0.3, -0.25) is 4.79 Å². The molecule has 0 aromatic carbocycles. The number of hydrogen-bond acceptors (Lipinski definition) is 2. The Labute approximate surface area is 71.0 Å². The van der Waals surface area contributed by atoms with Gasteiger partial charge in [0.1, 0.15) is 5.41 Å². The molecular formula is C6H7BrF2O2. The maximum atomic E-state index is 12.6. The highest BCUT2D eigenvalue weighted by atomic mass is 79.9. The van der Waals surface area contributed by atoms with Gasteiger partial charge >= 0.3 is 5.97 Å². The normalized spacial score (nSPS) is 33.1. The summed E-state index contributed by atoms with van der Waals surface area (Å²) in [5.41, 5.74) is -1.58. The topological polar surface area (TPSA) is 26.3 Å². The summed E-state index contributed by atoms with van der Waals surface area (Å²) in [6.07, 6.45) is -0.405. The minimum atomic E-state index is -2.89. The fourth-order valence-corrected chi connectivity index (χ4v) is 1.79. The van der Waals surface area contributed by atoms with Gasteiger partial charge in [0.05, 0.1) is 7.11 Å². The molecule has 1 atom stereocenters. The van der Waals surface area contributed by atoms with Crippen molar-refractivity contribution in [3.63, 3.8) is 0 Å². The van der Waals surface area contributed by atoms with Gasteiger partial charge in [0.2, 0.25) is 0 Å². The lowest BCUT2D eigenvalue weighted by molar-refractivity contribution is -0.149. The van der Waals surface area contributed by atoms with Crippen LogP contribution < -0.4 is 0 Å². The SMILES string of the molecule is COC(=O)C1(CBr)CC1(F)F. The molecule has 1 fully saturated rings. The standard InChI is InChI=1S/C6H7BrF2O2/c1-11-4(10)5(3-7)2-6(5,8)9/h2-3H2,1H3. The largest absolute Gasteiger partial charge is 0.468 e. The molecule has 1 aliphatic carbocycles. The maximum Gasteiger partial charge on any atom is 0.319 e. The first-order valence-electron chi connectivity index (χ1n) is 3.02. The fraction of sp³-hybridized carbons (Fsp3) is 0.833. The Hall–Kier alpha value is -0.190. The average Bonchev–Trinajstić information content (AvgIpc) is 2.53. The molecule has 64 valence electrons. The Bertz CT molecular complexity index is 195. The number of ether oxygens (including phenoxy) is 1. The number of methoxy groups -OCH3 is 1. The first-order valence-corrected chi connectivity index (χ1v) is 4.14. The van der Waals surface area contributed by atoms with E-state index in [1.807, 2.05) is 0 Å². The smallest absolute Gasteiger partial charge is 0.319 e. The molecule has 0 N–H and O–H groups in total. The summed E-state index contributed by atoms with van der Waals surface area (Å²) in [4.78, 5) is 10.8. The van der Waals surface area contributed by atoms with E-state index in [-0.39, 0.29) is 5.33 Å². The van der Waals surface area contributed by atoms with E-state index in [0.29, 0.717) is 0 Å². The first kappa shape index (κ1) is 8.90. The molecule has 0 radical (unpaired) electrons. The minimum absolute atomic E-state index is 0.0420. The van der Waals surface area contributed by atoms with E-state index in [4.69, 9.17) is 0 Å². The Kier molecular flexibility index (Phi) is 1.94. The van der Waals surface area contributed by atoms with Crippen LogP contribution in [0, 0.1) is 5.41 Å². The van der Waals surface area contributed by atoms with Crippen LogP contribution in [-0.4, -0.2) is 24.3 Å². The first-order chi connectivity index (χ1) is 5.00. The van der Waals surface area contributed by atoms with Crippen LogP contribution in [0.5, 0.6) is 0 Å². The van der Waals surface area contributed by atoms with Gasteiger partial charge in [0.25, 0.3) is 5.92 Å². The molecule has 0 saturated heterocycles. The predicted octanol–water partition coefficient (Wildman–Crippen LogP) is 1.58. The molecule has 0 spiro atoms. The monoisotopic (exact) mass is 228 g/mol. The Balaban J connectivity index is 2.75. The van der Waals surface area contributed by atoms with Gasteiger partial charge in [0, 0.05) is 11.8 Å². The van der Waals surface area contributed by atoms with Crippen LogP contribution in [0.1, 0.15) is 6.42 Å². The van der Waals surface area contributed by atoms with E-state index in [9.17, 15) is 13.6 Å². The van der Waals surface area contributed by atoms with E-state index in [2.05, 4.69) is 20.7 Å². The highest BCUT2D eigenvalue weighted by molar-refractivity contribution is 9.09. The molecule has 11 heavy (non-hydrogen) atoms. The molecule has 0 aliphatic heterocycles. The number of halogens is 3. The number of hydrogen-bond donors (Lipinski definition) is 0. The summed E-state index contributed by atoms with van der Waals surface area (Å²) in [6, 6.07) is 0. The van der Waals surface area contributed by atoms with Crippen LogP contribution in [0.4, 0.5) is 8.78 Å². The van der Waals surface area contributed by atoms with Crippen LogP contribution in [0.15, 0.2) is 0 Å². The Morgan fingerprint density at radius 1 is 1.73 bits per heavy atom. The van der Waals surface area contributed by atoms with Crippen molar-refractivity contribution in [2.45, 2.75) is 12.3 Å². The second-order valence-electron chi connectivity index (χ2n) is 2.59. The molecule has 0 aromatic heterocycles. The van der Waals surface area contributed by atoms with E-state index in [0.717, 1.165) is 7.11 Å². The molecule has 0 aromatic rings. The maximum absolute atomic E-state index is 12.6. The molecule has 2 nitrogen and oxygen atoms in total. The summed E-state index contributed by atoms with van der Waals surface area (Å²) < 4.78 is 29.4. The summed E-state index contributed by atoms with van der Waals surface area (Å²) in [5, 5.41) is -0.0420. The third-order valence-corrected chi connectivity index (χ3v) is 2.86. The van der Waals surface area contributed by atoms with Crippen molar-refractivity contribution in [3.8, 4) is 0 Å². The summed E-state index contributed by atoms with van der Waals surface area (Å²) in [7, 11) is 1.11. The van der Waals surface area contributed by atoms with Crippen LogP contribution in [0.2, 0.25) is 0 Å². The number of carbonyl (C=O) groups excluding carboxylic acids is 1. The van der Waals surface area contributed by atoms with E-state index in [1.165, 1.54) is 0 Å². The number of esters is 1. The lowest BCUT2D eigenvalue weighted by Crippen LogP contribution is -2.25. The summed E-state index contributed by atoms with van der Waals surface area (Å²) >= 11 is 2.87. The molecule has 1 unspecified atom stereocenters. The van der Waals surface area contributed by atoms with Gasteiger partial charge in [0.15, 0.2) is 0 Å². The Morgan fingerprint density at radius 2 is 2.18 bits per heavy atom. The summed E-state index contributed by atoms with van der Waals surface area (Å²) in [6.45, 7) is 0. The van der Waals surface area contributed by atoms with Crippen molar-refractivity contribution in [3.05, 3.63) is 0 Å². The van der Waals surface area contributed by atoms with Crippen LogP contribution in [-0.2, 0) is 9.53 Å². The van der Waals surface area contributed by atoms with Crippen LogP contribution in [0.25, 0.3) is 0 Å². The van der Waals surface area contributed by atoms with Gasteiger partial charge in [-0.2, -0.15) is 0 Å². The summed E-state index contributed by atoms with van der Waals surface area (Å²) in [5.74, 6) is -3.72. The van der Waals surface area contributed by atoms with Crippen molar-refractivity contribution in [2.24, 2.45) is 5.41 Å². The van der Waals surface area contributed by atoms with Crippen molar-refractivity contribution in [1.29, 1.82) is 0 Å². The van der Waals surface area contributed by atoms with E-state index < -0.39 is 23.7 Å². The van der Waals surface area contributed by atoms with Crippen molar-refractivity contribution in [2.75, 3.05) is 12.4 Å². The van der Waals surface area contributed by atoms with E-state index in [1.54, 1.807) is 0 Å². The fourth-order valence-electron chi connectivity index (χ4n) is 0.951. The molecule has 0 amide bonds. The van der Waals surface area contributed by atoms with Crippen LogP contribution in [0.3, 0.4) is 0 Å². The van der Waals surface area contributed by atoms with Gasteiger partial charge in [-0.25, -0.2) is 8.78 Å². The highest BCUT2D eigenvalue weighted by Crippen LogP contribution is 2.61. The minimum Gasteiger partial charge on any atom is -0.468 e. The number of carbonyl (C=O) groups is 1. The van der Waals surface area contributed by atoms with Crippen LogP contribution >= 0.6 is 15.9 Å². The Morgan fingerprint density at radius 3 is 2.27 bits per heavy atom. The second-order valence-corrected chi connectivity index (χ2v) is 3.15. The molecule has 1 rings (SSSR count). The quantitative estimate of drug-likeness (QED) is 0.530. The molecule has 0 heterocycles.